The molecule has 148 valence electrons. The number of ether oxygens (including phenoxy) is 1. The Morgan fingerprint density at radius 2 is 1.81 bits per heavy atom. The minimum atomic E-state index is -0.790. The first-order valence-corrected chi connectivity index (χ1v) is 9.73. The molecule has 0 radical (unpaired) electrons. The number of carboxylic acids is 1. The fourth-order valence-corrected chi connectivity index (χ4v) is 4.19. The lowest BCUT2D eigenvalue weighted by Crippen LogP contribution is -2.48. The maximum Gasteiger partial charge on any atom is 0.306 e. The predicted molar refractivity (Wildman–Crippen MR) is 96.6 cm³/mol. The molecule has 1 saturated carbocycles. The molecule has 0 aromatic rings. The molecule has 0 spiro atoms. The van der Waals surface area contributed by atoms with Gasteiger partial charge in [-0.05, 0) is 39.0 Å². The zero-order chi connectivity index (χ0) is 19.2. The third-order valence-electron chi connectivity index (χ3n) is 5.86. The molecule has 1 aliphatic heterocycles. The third kappa shape index (κ3) is 4.96. The monoisotopic (exact) mass is 368 g/mol. The van der Waals surface area contributed by atoms with Gasteiger partial charge in [-0.25, -0.2) is 0 Å². The van der Waals surface area contributed by atoms with Gasteiger partial charge in [-0.15, -0.1) is 0 Å². The summed E-state index contributed by atoms with van der Waals surface area (Å²) in [4.78, 5) is 39.8. The minimum Gasteiger partial charge on any atom is -0.481 e. The van der Waals surface area contributed by atoms with Crippen molar-refractivity contribution in [3.63, 3.8) is 0 Å². The maximum atomic E-state index is 13.0. The zero-order valence-corrected chi connectivity index (χ0v) is 16.0. The number of likely N-dealkylation sites (tertiary alicyclic amines) is 1. The highest BCUT2D eigenvalue weighted by atomic mass is 16.5. The first kappa shape index (κ1) is 20.7. The van der Waals surface area contributed by atoms with E-state index in [1.54, 1.807) is 16.8 Å². The molecule has 1 aliphatic carbocycles. The van der Waals surface area contributed by atoms with Crippen LogP contribution in [-0.2, 0) is 19.1 Å². The van der Waals surface area contributed by atoms with Gasteiger partial charge in [0.1, 0.15) is 0 Å². The molecule has 2 fully saturated rings. The average Bonchev–Trinajstić information content (AvgIpc) is 3.11. The maximum absolute atomic E-state index is 13.0. The van der Waals surface area contributed by atoms with Gasteiger partial charge in [-0.2, -0.15) is 0 Å². The molecule has 0 atom stereocenters. The first-order chi connectivity index (χ1) is 12.4. The Morgan fingerprint density at radius 3 is 2.35 bits per heavy atom. The van der Waals surface area contributed by atoms with Crippen LogP contribution in [0.15, 0.2) is 0 Å². The summed E-state index contributed by atoms with van der Waals surface area (Å²) in [5.74, 6) is -1.20. The van der Waals surface area contributed by atoms with Crippen molar-refractivity contribution in [3.8, 4) is 0 Å². The van der Waals surface area contributed by atoms with Crippen LogP contribution >= 0.6 is 0 Å². The SMILES string of the molecule is CCOCCC1(C(=O)N(C)CC(=O)N2CCC(C(=O)O)CC2)CCCC1. The number of piperidine rings is 1. The van der Waals surface area contributed by atoms with Crippen molar-refractivity contribution in [2.45, 2.75) is 51.9 Å². The van der Waals surface area contributed by atoms with E-state index in [0.29, 0.717) is 45.6 Å². The summed E-state index contributed by atoms with van der Waals surface area (Å²) in [6.07, 6.45) is 5.49. The van der Waals surface area contributed by atoms with Gasteiger partial charge in [-0.1, -0.05) is 12.8 Å². The van der Waals surface area contributed by atoms with Crippen LogP contribution in [0.2, 0.25) is 0 Å². The lowest BCUT2D eigenvalue weighted by molar-refractivity contribution is -0.149. The lowest BCUT2D eigenvalue weighted by Gasteiger charge is -2.35. The van der Waals surface area contributed by atoms with Crippen molar-refractivity contribution < 1.29 is 24.2 Å². The molecule has 26 heavy (non-hydrogen) atoms. The molecule has 2 amide bonds. The van der Waals surface area contributed by atoms with E-state index in [1.807, 2.05) is 6.92 Å². The lowest BCUT2D eigenvalue weighted by atomic mass is 9.81. The van der Waals surface area contributed by atoms with Crippen molar-refractivity contribution in [3.05, 3.63) is 0 Å². The van der Waals surface area contributed by atoms with E-state index in [2.05, 4.69) is 0 Å². The van der Waals surface area contributed by atoms with Crippen LogP contribution in [0.1, 0.15) is 51.9 Å². The molecule has 1 heterocycles. The van der Waals surface area contributed by atoms with Gasteiger partial charge in [0.05, 0.1) is 17.9 Å². The average molecular weight is 368 g/mol. The summed E-state index contributed by atoms with van der Waals surface area (Å²) < 4.78 is 5.46. The highest BCUT2D eigenvalue weighted by molar-refractivity contribution is 5.88. The van der Waals surface area contributed by atoms with E-state index in [0.717, 1.165) is 25.7 Å². The van der Waals surface area contributed by atoms with E-state index in [1.165, 1.54) is 0 Å². The Kier molecular flexibility index (Phi) is 7.43. The Balaban J connectivity index is 1.88. The number of likely N-dealkylation sites (N-methyl/N-ethyl adjacent to an activating group) is 1. The molecular formula is C19H32N2O5. The molecule has 7 heteroatoms. The molecule has 0 bridgehead atoms. The van der Waals surface area contributed by atoms with E-state index < -0.39 is 5.97 Å². The summed E-state index contributed by atoms with van der Waals surface area (Å²) >= 11 is 0. The number of rotatable bonds is 8. The number of aliphatic carboxylic acids is 1. The second kappa shape index (κ2) is 9.35. The van der Waals surface area contributed by atoms with Crippen LogP contribution in [-0.4, -0.2) is 72.6 Å². The van der Waals surface area contributed by atoms with Gasteiger partial charge in [0.25, 0.3) is 0 Å². The first-order valence-electron chi connectivity index (χ1n) is 9.73. The van der Waals surface area contributed by atoms with E-state index in [4.69, 9.17) is 9.84 Å². The smallest absolute Gasteiger partial charge is 0.306 e. The second-order valence-corrected chi connectivity index (χ2v) is 7.59. The number of hydrogen-bond acceptors (Lipinski definition) is 4. The van der Waals surface area contributed by atoms with Crippen LogP contribution in [0, 0.1) is 11.3 Å². The fourth-order valence-electron chi connectivity index (χ4n) is 4.19. The van der Waals surface area contributed by atoms with Gasteiger partial charge in [0, 0.05) is 33.4 Å². The molecule has 0 aromatic carbocycles. The summed E-state index contributed by atoms with van der Waals surface area (Å²) in [6.45, 7) is 4.13. The Labute approximate surface area is 155 Å². The van der Waals surface area contributed by atoms with Crippen LogP contribution in [0.5, 0.6) is 0 Å². The van der Waals surface area contributed by atoms with Crippen molar-refractivity contribution >= 4 is 17.8 Å². The molecular weight excluding hydrogens is 336 g/mol. The molecule has 1 N–H and O–H groups in total. The van der Waals surface area contributed by atoms with Gasteiger partial charge in [0.15, 0.2) is 0 Å². The fraction of sp³-hybridized carbons (Fsp3) is 0.842. The quantitative estimate of drug-likeness (QED) is 0.660. The topological polar surface area (TPSA) is 87.2 Å². The second-order valence-electron chi connectivity index (χ2n) is 7.59. The summed E-state index contributed by atoms with van der Waals surface area (Å²) in [6, 6.07) is 0. The normalized spacial score (nSPS) is 20.2. The molecule has 2 aliphatic rings. The summed E-state index contributed by atoms with van der Waals surface area (Å²) in [5, 5.41) is 9.05. The van der Waals surface area contributed by atoms with E-state index in [9.17, 15) is 14.4 Å². The summed E-state index contributed by atoms with van der Waals surface area (Å²) in [5.41, 5.74) is -0.388. The highest BCUT2D eigenvalue weighted by Crippen LogP contribution is 2.42. The predicted octanol–water partition coefficient (Wildman–Crippen LogP) is 1.75. The van der Waals surface area contributed by atoms with Gasteiger partial charge < -0.3 is 19.6 Å². The number of amides is 2. The Bertz CT molecular complexity index is 508. The van der Waals surface area contributed by atoms with Crippen LogP contribution in [0.4, 0.5) is 0 Å². The largest absolute Gasteiger partial charge is 0.481 e. The van der Waals surface area contributed by atoms with E-state index in [-0.39, 0.29) is 29.7 Å². The summed E-state index contributed by atoms with van der Waals surface area (Å²) in [7, 11) is 1.70. The Hall–Kier alpha value is -1.63. The van der Waals surface area contributed by atoms with Gasteiger partial charge in [-0.3, -0.25) is 14.4 Å². The number of carbonyl (C=O) groups is 3. The van der Waals surface area contributed by atoms with Crippen molar-refractivity contribution in [2.75, 3.05) is 39.9 Å². The van der Waals surface area contributed by atoms with Crippen molar-refractivity contribution in [1.29, 1.82) is 0 Å². The minimum absolute atomic E-state index is 0.0449. The van der Waals surface area contributed by atoms with Crippen molar-refractivity contribution in [2.24, 2.45) is 11.3 Å². The molecule has 0 unspecified atom stereocenters. The Morgan fingerprint density at radius 1 is 1.19 bits per heavy atom. The molecule has 0 aromatic heterocycles. The molecule has 7 nitrogen and oxygen atoms in total. The molecule has 1 saturated heterocycles. The zero-order valence-electron chi connectivity index (χ0n) is 16.0. The standard InChI is InChI=1S/C19H32N2O5/c1-3-26-13-10-19(8-4-5-9-19)18(25)20(2)14-16(22)21-11-6-15(7-12-21)17(23)24/h15H,3-14H2,1-2H3,(H,23,24). The number of nitrogens with zero attached hydrogens (tertiary/aromatic N) is 2. The van der Waals surface area contributed by atoms with Gasteiger partial charge in [0.2, 0.25) is 11.8 Å². The third-order valence-corrected chi connectivity index (χ3v) is 5.86. The highest BCUT2D eigenvalue weighted by Gasteiger charge is 2.42. The number of hydrogen-bond donors (Lipinski definition) is 1. The molecule has 2 rings (SSSR count). The number of carbonyl (C=O) groups excluding carboxylic acids is 2. The van der Waals surface area contributed by atoms with Crippen LogP contribution < -0.4 is 0 Å². The van der Waals surface area contributed by atoms with Gasteiger partial charge >= 0.3 is 5.97 Å². The van der Waals surface area contributed by atoms with Crippen LogP contribution in [0.3, 0.4) is 0 Å². The number of carboxylic acid groups (broad SMARTS) is 1. The van der Waals surface area contributed by atoms with Crippen molar-refractivity contribution in [1.82, 2.24) is 9.80 Å². The van der Waals surface area contributed by atoms with Crippen LogP contribution in [0.25, 0.3) is 0 Å². The van der Waals surface area contributed by atoms with E-state index >= 15 is 0 Å².